The molecule has 1 saturated heterocycles. The fourth-order valence-electron chi connectivity index (χ4n) is 2.41. The van der Waals surface area contributed by atoms with Crippen molar-refractivity contribution in [3.63, 3.8) is 0 Å². The Kier molecular flexibility index (Phi) is 7.23. The van der Waals surface area contributed by atoms with Crippen molar-refractivity contribution >= 4 is 10.2 Å². The van der Waals surface area contributed by atoms with Crippen molar-refractivity contribution in [3.05, 3.63) is 0 Å². The highest BCUT2D eigenvalue weighted by Crippen LogP contribution is 2.21. The highest BCUT2D eigenvalue weighted by molar-refractivity contribution is 7.86. The molecule has 19 heavy (non-hydrogen) atoms. The molecule has 1 unspecified atom stereocenters. The summed E-state index contributed by atoms with van der Waals surface area (Å²) in [5, 5.41) is 0. The SMILES string of the molecule is CCOCCN(CC)S(=O)(=O)N1CCCCC1CN. The smallest absolute Gasteiger partial charge is 0.282 e. The molecule has 0 saturated carbocycles. The van der Waals surface area contributed by atoms with E-state index in [-0.39, 0.29) is 6.04 Å². The van der Waals surface area contributed by atoms with E-state index in [4.69, 9.17) is 10.5 Å². The van der Waals surface area contributed by atoms with Gasteiger partial charge in [0.25, 0.3) is 10.2 Å². The van der Waals surface area contributed by atoms with Gasteiger partial charge >= 0.3 is 0 Å². The topological polar surface area (TPSA) is 75.9 Å². The van der Waals surface area contributed by atoms with E-state index < -0.39 is 10.2 Å². The van der Waals surface area contributed by atoms with E-state index >= 15 is 0 Å². The molecule has 0 aromatic rings. The minimum absolute atomic E-state index is 0.0557. The Hall–Kier alpha value is -0.210. The molecule has 114 valence electrons. The van der Waals surface area contributed by atoms with Gasteiger partial charge in [0.15, 0.2) is 0 Å². The second kappa shape index (κ2) is 8.16. The number of nitrogens with zero attached hydrogens (tertiary/aromatic N) is 2. The van der Waals surface area contributed by atoms with Gasteiger partial charge in [-0.2, -0.15) is 17.0 Å². The summed E-state index contributed by atoms with van der Waals surface area (Å²) in [7, 11) is -3.41. The van der Waals surface area contributed by atoms with Crippen LogP contribution in [0.3, 0.4) is 0 Å². The van der Waals surface area contributed by atoms with Gasteiger partial charge in [-0.3, -0.25) is 0 Å². The molecule has 0 amide bonds. The first-order valence-electron chi connectivity index (χ1n) is 7.12. The molecule has 1 atom stereocenters. The summed E-state index contributed by atoms with van der Waals surface area (Å²) in [6.07, 6.45) is 2.83. The Morgan fingerprint density at radius 2 is 2.11 bits per heavy atom. The van der Waals surface area contributed by atoms with E-state index in [0.29, 0.717) is 39.4 Å². The number of hydrogen-bond donors (Lipinski definition) is 1. The summed E-state index contributed by atoms with van der Waals surface area (Å²) in [5.41, 5.74) is 5.70. The standard InChI is InChI=1S/C12H27N3O3S/c1-3-14(9-10-18-4-2)19(16,17)15-8-6-5-7-12(15)11-13/h12H,3-11,13H2,1-2H3. The molecule has 7 heteroatoms. The summed E-state index contributed by atoms with van der Waals surface area (Å²) in [6, 6.07) is -0.0557. The van der Waals surface area contributed by atoms with Gasteiger partial charge in [0.1, 0.15) is 0 Å². The maximum absolute atomic E-state index is 12.6. The fourth-order valence-corrected chi connectivity index (χ4v) is 4.27. The van der Waals surface area contributed by atoms with Crippen molar-refractivity contribution in [3.8, 4) is 0 Å². The molecular weight excluding hydrogens is 266 g/mol. The molecule has 0 aromatic carbocycles. The molecule has 0 spiro atoms. The second-order valence-electron chi connectivity index (χ2n) is 4.69. The van der Waals surface area contributed by atoms with Crippen LogP contribution in [0.2, 0.25) is 0 Å². The Morgan fingerprint density at radius 1 is 1.37 bits per heavy atom. The molecule has 0 bridgehead atoms. The van der Waals surface area contributed by atoms with Crippen LogP contribution in [0.1, 0.15) is 33.1 Å². The van der Waals surface area contributed by atoms with Crippen LogP contribution in [-0.2, 0) is 14.9 Å². The third-order valence-electron chi connectivity index (χ3n) is 3.51. The first-order valence-corrected chi connectivity index (χ1v) is 8.52. The minimum atomic E-state index is -3.41. The molecule has 1 aliphatic heterocycles. The predicted molar refractivity (Wildman–Crippen MR) is 76.1 cm³/mol. The highest BCUT2D eigenvalue weighted by Gasteiger charge is 2.35. The molecule has 1 heterocycles. The lowest BCUT2D eigenvalue weighted by atomic mass is 10.1. The number of hydrogen-bond acceptors (Lipinski definition) is 4. The lowest BCUT2D eigenvalue weighted by Gasteiger charge is -2.37. The van der Waals surface area contributed by atoms with Crippen molar-refractivity contribution in [2.24, 2.45) is 5.73 Å². The van der Waals surface area contributed by atoms with Crippen molar-refractivity contribution < 1.29 is 13.2 Å². The number of likely N-dealkylation sites (N-methyl/N-ethyl adjacent to an activating group) is 1. The normalized spacial score (nSPS) is 22.0. The molecule has 2 N–H and O–H groups in total. The van der Waals surface area contributed by atoms with Crippen LogP contribution >= 0.6 is 0 Å². The number of ether oxygens (including phenoxy) is 1. The van der Waals surface area contributed by atoms with Gasteiger partial charge in [-0.15, -0.1) is 0 Å². The summed E-state index contributed by atoms with van der Waals surface area (Å²) in [6.45, 7) is 6.63. The van der Waals surface area contributed by atoms with Gasteiger partial charge in [-0.05, 0) is 19.8 Å². The summed E-state index contributed by atoms with van der Waals surface area (Å²) >= 11 is 0. The van der Waals surface area contributed by atoms with Crippen LogP contribution in [0.4, 0.5) is 0 Å². The monoisotopic (exact) mass is 293 g/mol. The van der Waals surface area contributed by atoms with Crippen molar-refractivity contribution in [1.29, 1.82) is 0 Å². The van der Waals surface area contributed by atoms with Crippen LogP contribution in [0.15, 0.2) is 0 Å². The van der Waals surface area contributed by atoms with Crippen LogP contribution in [0.5, 0.6) is 0 Å². The zero-order chi connectivity index (χ0) is 14.3. The van der Waals surface area contributed by atoms with E-state index in [9.17, 15) is 8.42 Å². The maximum atomic E-state index is 12.6. The van der Waals surface area contributed by atoms with Crippen LogP contribution < -0.4 is 5.73 Å². The number of rotatable bonds is 8. The fraction of sp³-hybridized carbons (Fsp3) is 1.00. The Bertz CT molecular complexity index is 348. The first-order chi connectivity index (χ1) is 9.07. The molecule has 6 nitrogen and oxygen atoms in total. The third-order valence-corrected chi connectivity index (χ3v) is 5.68. The number of piperidine rings is 1. The molecule has 1 rings (SSSR count). The van der Waals surface area contributed by atoms with Gasteiger partial charge in [0.2, 0.25) is 0 Å². The Morgan fingerprint density at radius 3 is 2.68 bits per heavy atom. The molecule has 1 aliphatic rings. The largest absolute Gasteiger partial charge is 0.380 e. The lowest BCUT2D eigenvalue weighted by molar-refractivity contribution is 0.132. The Labute approximate surface area is 117 Å². The quantitative estimate of drug-likeness (QED) is 0.657. The van der Waals surface area contributed by atoms with Crippen LogP contribution in [0.25, 0.3) is 0 Å². The van der Waals surface area contributed by atoms with Crippen molar-refractivity contribution in [1.82, 2.24) is 8.61 Å². The summed E-state index contributed by atoms with van der Waals surface area (Å²) in [4.78, 5) is 0. The van der Waals surface area contributed by atoms with Gasteiger partial charge in [0, 0.05) is 38.8 Å². The third kappa shape index (κ3) is 4.39. The highest BCUT2D eigenvalue weighted by atomic mass is 32.2. The van der Waals surface area contributed by atoms with E-state index in [2.05, 4.69) is 0 Å². The van der Waals surface area contributed by atoms with Crippen LogP contribution in [0, 0.1) is 0 Å². The van der Waals surface area contributed by atoms with E-state index in [1.165, 1.54) is 4.31 Å². The summed E-state index contributed by atoms with van der Waals surface area (Å²) < 4.78 is 33.6. The lowest BCUT2D eigenvalue weighted by Crippen LogP contribution is -2.53. The van der Waals surface area contributed by atoms with E-state index in [1.807, 2.05) is 13.8 Å². The van der Waals surface area contributed by atoms with Gasteiger partial charge in [-0.25, -0.2) is 0 Å². The second-order valence-corrected chi connectivity index (χ2v) is 6.57. The average Bonchev–Trinajstić information content (AvgIpc) is 2.43. The summed E-state index contributed by atoms with van der Waals surface area (Å²) in [5.74, 6) is 0. The minimum Gasteiger partial charge on any atom is -0.380 e. The van der Waals surface area contributed by atoms with Gasteiger partial charge in [-0.1, -0.05) is 13.3 Å². The van der Waals surface area contributed by atoms with E-state index in [0.717, 1.165) is 19.3 Å². The number of nitrogens with two attached hydrogens (primary N) is 1. The van der Waals surface area contributed by atoms with Gasteiger partial charge < -0.3 is 10.5 Å². The van der Waals surface area contributed by atoms with Crippen molar-refractivity contribution in [2.45, 2.75) is 39.2 Å². The maximum Gasteiger partial charge on any atom is 0.282 e. The van der Waals surface area contributed by atoms with Crippen LogP contribution in [-0.4, -0.2) is 62.5 Å². The molecular formula is C12H27N3O3S. The molecule has 0 radical (unpaired) electrons. The van der Waals surface area contributed by atoms with E-state index in [1.54, 1.807) is 4.31 Å². The first kappa shape index (κ1) is 16.8. The Balaban J connectivity index is 2.74. The van der Waals surface area contributed by atoms with Crippen molar-refractivity contribution in [2.75, 3.05) is 39.4 Å². The zero-order valence-corrected chi connectivity index (χ0v) is 12.9. The average molecular weight is 293 g/mol. The predicted octanol–water partition coefficient (Wildman–Crippen LogP) is 0.403. The molecule has 0 aromatic heterocycles. The molecule has 1 fully saturated rings. The zero-order valence-electron chi connectivity index (χ0n) is 12.0. The molecule has 0 aliphatic carbocycles. The van der Waals surface area contributed by atoms with Gasteiger partial charge in [0.05, 0.1) is 6.61 Å².